The molecule has 2 aromatic rings. The molecule has 0 aliphatic carbocycles. The van der Waals surface area contributed by atoms with Crippen molar-refractivity contribution in [3.8, 4) is 17.2 Å². The first-order valence-electron chi connectivity index (χ1n) is 8.81. The number of esters is 1. The van der Waals surface area contributed by atoms with E-state index in [4.69, 9.17) is 30.5 Å². The molecule has 28 heavy (non-hydrogen) atoms. The van der Waals surface area contributed by atoms with Gasteiger partial charge in [0.1, 0.15) is 19.0 Å². The summed E-state index contributed by atoms with van der Waals surface area (Å²) in [6.45, 7) is 4.69. The maximum atomic E-state index is 12.4. The number of rotatable bonds is 6. The molecule has 0 radical (unpaired) electrons. The van der Waals surface area contributed by atoms with Gasteiger partial charge < -0.3 is 24.3 Å². The third-order valence-electron chi connectivity index (χ3n) is 3.92. The monoisotopic (exact) mass is 405 g/mol. The predicted octanol–water partition coefficient (Wildman–Crippen LogP) is 3.69. The number of benzene rings is 2. The van der Waals surface area contributed by atoms with Gasteiger partial charge in [0.2, 0.25) is 0 Å². The van der Waals surface area contributed by atoms with Crippen LogP contribution >= 0.6 is 11.6 Å². The van der Waals surface area contributed by atoms with E-state index in [2.05, 4.69) is 5.32 Å². The van der Waals surface area contributed by atoms with Gasteiger partial charge in [-0.3, -0.25) is 4.79 Å². The number of hydrogen-bond donors (Lipinski definition) is 1. The highest BCUT2D eigenvalue weighted by Crippen LogP contribution is 2.38. The minimum Gasteiger partial charge on any atom is -0.494 e. The minimum atomic E-state index is -1.01. The highest BCUT2D eigenvalue weighted by atomic mass is 35.5. The van der Waals surface area contributed by atoms with Gasteiger partial charge in [0.25, 0.3) is 5.91 Å². The van der Waals surface area contributed by atoms with Gasteiger partial charge in [-0.15, -0.1) is 0 Å². The van der Waals surface area contributed by atoms with Crippen LogP contribution in [-0.4, -0.2) is 37.8 Å². The number of hydrogen-bond acceptors (Lipinski definition) is 6. The molecular formula is C20H20ClNO6. The summed E-state index contributed by atoms with van der Waals surface area (Å²) >= 11 is 6.13. The lowest BCUT2D eigenvalue weighted by atomic mass is 10.2. The molecule has 0 aromatic heterocycles. The van der Waals surface area contributed by atoms with Crippen molar-refractivity contribution in [2.45, 2.75) is 20.0 Å². The largest absolute Gasteiger partial charge is 0.494 e. The van der Waals surface area contributed by atoms with E-state index in [1.54, 1.807) is 24.3 Å². The predicted molar refractivity (Wildman–Crippen MR) is 104 cm³/mol. The molecule has 3 rings (SSSR count). The smallest absolute Gasteiger partial charge is 0.339 e. The van der Waals surface area contributed by atoms with Crippen molar-refractivity contribution in [3.05, 3.63) is 47.0 Å². The quantitative estimate of drug-likeness (QED) is 0.738. The average Bonchev–Trinajstić information content (AvgIpc) is 2.69. The molecule has 1 atom stereocenters. The molecule has 0 bridgehead atoms. The molecule has 1 aliphatic heterocycles. The Balaban J connectivity index is 1.62. The van der Waals surface area contributed by atoms with E-state index in [9.17, 15) is 9.59 Å². The molecule has 0 spiro atoms. The lowest BCUT2D eigenvalue weighted by Gasteiger charge is -2.20. The fourth-order valence-corrected chi connectivity index (χ4v) is 2.82. The molecule has 7 nitrogen and oxygen atoms in total. The molecule has 0 saturated heterocycles. The number of amides is 1. The van der Waals surface area contributed by atoms with Crippen molar-refractivity contribution in [3.63, 3.8) is 0 Å². The summed E-state index contributed by atoms with van der Waals surface area (Å²) in [5.41, 5.74) is 0.744. The average molecular weight is 406 g/mol. The van der Waals surface area contributed by atoms with Crippen molar-refractivity contribution < 1.29 is 28.5 Å². The van der Waals surface area contributed by atoms with Crippen molar-refractivity contribution in [1.29, 1.82) is 0 Å². The Hall–Kier alpha value is -2.93. The molecule has 1 N–H and O–H groups in total. The maximum Gasteiger partial charge on any atom is 0.339 e. The lowest BCUT2D eigenvalue weighted by Crippen LogP contribution is -2.30. The van der Waals surface area contributed by atoms with Crippen molar-refractivity contribution in [2.24, 2.45) is 0 Å². The first-order valence-corrected chi connectivity index (χ1v) is 9.19. The summed E-state index contributed by atoms with van der Waals surface area (Å²) in [5.74, 6) is 0.327. The zero-order valence-corrected chi connectivity index (χ0v) is 16.2. The molecule has 1 amide bonds. The van der Waals surface area contributed by atoms with Gasteiger partial charge >= 0.3 is 5.97 Å². The van der Waals surface area contributed by atoms with Gasteiger partial charge in [-0.1, -0.05) is 11.6 Å². The lowest BCUT2D eigenvalue weighted by molar-refractivity contribution is -0.123. The molecule has 1 aliphatic rings. The Kier molecular flexibility index (Phi) is 6.26. The van der Waals surface area contributed by atoms with Crippen LogP contribution in [0.4, 0.5) is 5.69 Å². The molecule has 0 saturated carbocycles. The fourth-order valence-electron chi connectivity index (χ4n) is 2.56. The Morgan fingerprint density at radius 1 is 1.18 bits per heavy atom. The Labute approximate surface area is 167 Å². The normalized spacial score (nSPS) is 13.4. The van der Waals surface area contributed by atoms with Crippen molar-refractivity contribution in [2.75, 3.05) is 25.1 Å². The molecule has 8 heteroatoms. The number of halogens is 1. The summed E-state index contributed by atoms with van der Waals surface area (Å²) in [5, 5.41) is 2.93. The second kappa shape index (κ2) is 8.84. The molecule has 0 fully saturated rings. The standard InChI is InChI=1S/C20H20ClNO6/c1-3-25-15-6-4-14(5-7-15)22-19(23)12(2)28-20(24)13-10-16(21)18-17(11-13)26-8-9-27-18/h4-7,10-12H,3,8-9H2,1-2H3,(H,22,23)/t12-/m0/s1. The van der Waals surface area contributed by atoms with Gasteiger partial charge in [-0.25, -0.2) is 4.79 Å². The number of fused-ring (bicyclic) bond motifs is 1. The highest BCUT2D eigenvalue weighted by Gasteiger charge is 2.23. The summed E-state index contributed by atoms with van der Waals surface area (Å²) in [6.07, 6.45) is -1.01. The van der Waals surface area contributed by atoms with E-state index in [0.29, 0.717) is 42.8 Å². The van der Waals surface area contributed by atoms with E-state index in [0.717, 1.165) is 0 Å². The van der Waals surface area contributed by atoms with Gasteiger partial charge in [-0.2, -0.15) is 0 Å². The number of nitrogens with one attached hydrogen (secondary N) is 1. The van der Waals surface area contributed by atoms with Crippen LogP contribution in [0, 0.1) is 0 Å². The molecule has 1 heterocycles. The summed E-state index contributed by atoms with van der Waals surface area (Å²) < 4.78 is 21.5. The third kappa shape index (κ3) is 4.67. The summed E-state index contributed by atoms with van der Waals surface area (Å²) in [7, 11) is 0. The Morgan fingerprint density at radius 2 is 1.89 bits per heavy atom. The van der Waals surface area contributed by atoms with Gasteiger partial charge in [0, 0.05) is 5.69 Å². The van der Waals surface area contributed by atoms with Crippen molar-refractivity contribution >= 4 is 29.2 Å². The van der Waals surface area contributed by atoms with Crippen LogP contribution < -0.4 is 19.5 Å². The zero-order chi connectivity index (χ0) is 20.1. The first kappa shape index (κ1) is 19.8. The van der Waals surface area contributed by atoms with Crippen molar-refractivity contribution in [1.82, 2.24) is 0 Å². The van der Waals surface area contributed by atoms with Crippen LogP contribution in [0.2, 0.25) is 5.02 Å². The van der Waals surface area contributed by atoms with E-state index in [1.165, 1.54) is 19.1 Å². The maximum absolute atomic E-state index is 12.4. The third-order valence-corrected chi connectivity index (χ3v) is 4.20. The van der Waals surface area contributed by atoms with E-state index < -0.39 is 18.0 Å². The van der Waals surface area contributed by atoms with Crippen LogP contribution in [0.1, 0.15) is 24.2 Å². The zero-order valence-electron chi connectivity index (χ0n) is 15.5. The van der Waals surface area contributed by atoms with E-state index in [1.807, 2.05) is 6.92 Å². The Morgan fingerprint density at radius 3 is 2.61 bits per heavy atom. The van der Waals surface area contributed by atoms with Crippen LogP contribution in [0.5, 0.6) is 17.2 Å². The van der Waals surface area contributed by atoms with Crippen LogP contribution in [-0.2, 0) is 9.53 Å². The van der Waals surface area contributed by atoms with E-state index >= 15 is 0 Å². The second-order valence-corrected chi connectivity index (χ2v) is 6.38. The number of ether oxygens (including phenoxy) is 4. The topological polar surface area (TPSA) is 83.1 Å². The summed E-state index contributed by atoms with van der Waals surface area (Å²) in [6, 6.07) is 9.81. The SMILES string of the molecule is CCOc1ccc(NC(=O)[C@H](C)OC(=O)c2cc(Cl)c3c(c2)OCCO3)cc1. The molecule has 2 aromatic carbocycles. The van der Waals surface area contributed by atoms with Gasteiger partial charge in [-0.05, 0) is 50.2 Å². The highest BCUT2D eigenvalue weighted by molar-refractivity contribution is 6.32. The fraction of sp³-hybridized carbons (Fsp3) is 0.300. The van der Waals surface area contributed by atoms with Crippen LogP contribution in [0.3, 0.4) is 0 Å². The summed E-state index contributed by atoms with van der Waals surface area (Å²) in [4.78, 5) is 24.7. The number of anilines is 1. The van der Waals surface area contributed by atoms with Crippen LogP contribution in [0.15, 0.2) is 36.4 Å². The first-order chi connectivity index (χ1) is 13.5. The van der Waals surface area contributed by atoms with Gasteiger partial charge in [0.05, 0.1) is 17.2 Å². The number of carbonyl (C=O) groups is 2. The molecular weight excluding hydrogens is 386 g/mol. The van der Waals surface area contributed by atoms with E-state index in [-0.39, 0.29) is 10.6 Å². The molecule has 0 unspecified atom stereocenters. The Bertz CT molecular complexity index is 868. The van der Waals surface area contributed by atoms with Crippen LogP contribution in [0.25, 0.3) is 0 Å². The number of carbonyl (C=O) groups excluding carboxylic acids is 2. The minimum absolute atomic E-state index is 0.176. The second-order valence-electron chi connectivity index (χ2n) is 5.98. The van der Waals surface area contributed by atoms with Gasteiger partial charge in [0.15, 0.2) is 17.6 Å². The molecule has 148 valence electrons.